The molecule has 3 rings (SSSR count). The van der Waals surface area contributed by atoms with Crippen molar-refractivity contribution in [2.75, 3.05) is 25.2 Å². The van der Waals surface area contributed by atoms with Crippen LogP contribution in [0.25, 0.3) is 17.0 Å². The Hall–Kier alpha value is -2.59. The van der Waals surface area contributed by atoms with Crippen LogP contribution in [-0.2, 0) is 9.47 Å². The molecule has 2 aromatic rings. The fraction of sp³-hybridized carbons (Fsp3) is 0.412. The first kappa shape index (κ1) is 19.2. The number of methoxy groups -OCH3 is 1. The molecule has 2 heterocycles. The lowest BCUT2D eigenvalue weighted by molar-refractivity contribution is -0.202. The summed E-state index contributed by atoms with van der Waals surface area (Å²) in [5.74, 6) is 0.302. The van der Waals surface area contributed by atoms with Crippen LogP contribution >= 0.6 is 0 Å². The summed E-state index contributed by atoms with van der Waals surface area (Å²) < 4.78 is 52.2. The van der Waals surface area contributed by atoms with Crippen LogP contribution in [0.3, 0.4) is 0 Å². The number of nitrogens with zero attached hydrogens (tertiary/aromatic N) is 2. The lowest BCUT2D eigenvalue weighted by atomic mass is 10.1. The Bertz CT molecular complexity index is 849. The molecule has 1 aliphatic rings. The molecule has 1 unspecified atom stereocenters. The monoisotopic (exact) mass is 386 g/mol. The van der Waals surface area contributed by atoms with E-state index < -0.39 is 30.9 Å². The number of aliphatic hydroxyl groups is 1. The minimum absolute atomic E-state index is 0.261. The number of benzene rings is 1. The molecule has 0 radical (unpaired) electrons. The van der Waals surface area contributed by atoms with Gasteiger partial charge < -0.3 is 19.1 Å². The Balaban J connectivity index is 1.74. The van der Waals surface area contributed by atoms with E-state index in [-0.39, 0.29) is 13.2 Å². The van der Waals surface area contributed by atoms with E-state index in [1.165, 1.54) is 24.2 Å². The van der Waals surface area contributed by atoms with Crippen molar-refractivity contribution >= 4 is 29.0 Å². The molecule has 1 aliphatic heterocycles. The number of amides is 1. The largest absolute Gasteiger partial charge is 0.441 e. The Morgan fingerprint density at radius 1 is 1.48 bits per heavy atom. The third-order valence-corrected chi connectivity index (χ3v) is 4.01. The predicted molar refractivity (Wildman–Crippen MR) is 89.2 cm³/mol. The maximum atomic E-state index is 12.3. The highest BCUT2D eigenvalue weighted by molar-refractivity contribution is 5.99. The van der Waals surface area contributed by atoms with Crippen molar-refractivity contribution < 1.29 is 37.1 Å². The van der Waals surface area contributed by atoms with E-state index in [9.17, 15) is 18.0 Å². The second-order valence-corrected chi connectivity index (χ2v) is 6.03. The van der Waals surface area contributed by atoms with Gasteiger partial charge >= 0.3 is 12.3 Å². The van der Waals surface area contributed by atoms with Crippen molar-refractivity contribution in [3.05, 3.63) is 29.8 Å². The molecule has 0 bridgehead atoms. The molecule has 1 amide bonds. The SMILES string of the molecule is COC[C@H]1CN(c2noc3cc(/C=C/CC(O)C(F)(F)F)ccc23)C(=O)O1. The lowest BCUT2D eigenvalue weighted by Crippen LogP contribution is -2.27. The average Bonchev–Trinajstić information content (AvgIpc) is 3.17. The Kier molecular flexibility index (Phi) is 5.38. The van der Waals surface area contributed by atoms with Crippen LogP contribution in [-0.4, -0.2) is 55.0 Å². The van der Waals surface area contributed by atoms with Gasteiger partial charge in [-0.25, -0.2) is 4.79 Å². The number of aromatic nitrogens is 1. The van der Waals surface area contributed by atoms with Gasteiger partial charge in [-0.3, -0.25) is 4.90 Å². The number of carbonyl (C=O) groups is 1. The number of halogens is 3. The predicted octanol–water partition coefficient (Wildman–Crippen LogP) is 3.13. The minimum atomic E-state index is -4.65. The molecule has 7 nitrogen and oxygen atoms in total. The zero-order valence-corrected chi connectivity index (χ0v) is 14.3. The van der Waals surface area contributed by atoms with Gasteiger partial charge in [-0.05, 0) is 17.7 Å². The third-order valence-electron chi connectivity index (χ3n) is 4.01. The molecule has 1 aromatic heterocycles. The van der Waals surface area contributed by atoms with Crippen molar-refractivity contribution in [2.24, 2.45) is 0 Å². The standard InChI is InChI=1S/C17H17F3N2O5/c1-25-9-11-8-22(16(24)26-11)15-12-6-5-10(7-13(12)27-21-15)3-2-4-14(23)17(18,19)20/h2-3,5-7,11,14,23H,4,8-9H2,1H3/b3-2+/t11-,14?/m1/s1. The molecule has 2 atom stereocenters. The van der Waals surface area contributed by atoms with Crippen molar-refractivity contribution in [3.63, 3.8) is 0 Å². The van der Waals surface area contributed by atoms with Gasteiger partial charge in [0.2, 0.25) is 0 Å². The van der Waals surface area contributed by atoms with Crippen LogP contribution in [0.15, 0.2) is 28.8 Å². The topological polar surface area (TPSA) is 85.0 Å². The first-order chi connectivity index (χ1) is 12.8. The molecule has 1 aromatic carbocycles. The molecule has 0 aliphatic carbocycles. The molecule has 1 saturated heterocycles. The molecule has 1 fully saturated rings. The summed E-state index contributed by atoms with van der Waals surface area (Å²) in [4.78, 5) is 13.3. The normalized spacial score (nSPS) is 19.2. The zero-order chi connectivity index (χ0) is 19.6. The van der Waals surface area contributed by atoms with E-state index in [0.29, 0.717) is 22.4 Å². The lowest BCUT2D eigenvalue weighted by Gasteiger charge is -2.11. The fourth-order valence-corrected chi connectivity index (χ4v) is 2.67. The van der Waals surface area contributed by atoms with E-state index >= 15 is 0 Å². The number of hydrogen-bond donors (Lipinski definition) is 1. The first-order valence-electron chi connectivity index (χ1n) is 8.07. The van der Waals surface area contributed by atoms with Crippen LogP contribution in [0.5, 0.6) is 0 Å². The molecule has 0 spiro atoms. The summed E-state index contributed by atoms with van der Waals surface area (Å²) in [6, 6.07) is 4.88. The Labute approximate surface area is 151 Å². The van der Waals surface area contributed by atoms with Gasteiger partial charge in [0.1, 0.15) is 6.10 Å². The summed E-state index contributed by atoms with van der Waals surface area (Å²) in [7, 11) is 1.50. The van der Waals surface area contributed by atoms with Crippen LogP contribution in [0.4, 0.5) is 23.8 Å². The van der Waals surface area contributed by atoms with Crippen molar-refractivity contribution in [1.82, 2.24) is 5.16 Å². The van der Waals surface area contributed by atoms with Crippen molar-refractivity contribution in [1.29, 1.82) is 0 Å². The average molecular weight is 386 g/mol. The highest BCUT2D eigenvalue weighted by Crippen LogP contribution is 2.30. The fourth-order valence-electron chi connectivity index (χ4n) is 2.67. The van der Waals surface area contributed by atoms with Gasteiger partial charge in [0, 0.05) is 13.5 Å². The molecule has 27 heavy (non-hydrogen) atoms. The van der Waals surface area contributed by atoms with Crippen LogP contribution < -0.4 is 4.90 Å². The number of rotatable bonds is 6. The number of carbonyl (C=O) groups excluding carboxylic acids is 1. The first-order valence-corrected chi connectivity index (χ1v) is 8.07. The Morgan fingerprint density at radius 2 is 2.26 bits per heavy atom. The second-order valence-electron chi connectivity index (χ2n) is 6.03. The van der Waals surface area contributed by atoms with E-state index in [2.05, 4.69) is 5.16 Å². The van der Waals surface area contributed by atoms with Crippen LogP contribution in [0, 0.1) is 0 Å². The van der Waals surface area contributed by atoms with Gasteiger partial charge in [-0.1, -0.05) is 23.4 Å². The second kappa shape index (κ2) is 7.57. The molecular formula is C17H17F3N2O5. The number of alkyl halides is 3. The molecule has 1 N–H and O–H groups in total. The summed E-state index contributed by atoms with van der Waals surface area (Å²) >= 11 is 0. The van der Waals surface area contributed by atoms with Crippen LogP contribution in [0.2, 0.25) is 0 Å². The molecule has 10 heteroatoms. The van der Waals surface area contributed by atoms with Crippen molar-refractivity contribution in [2.45, 2.75) is 24.8 Å². The maximum Gasteiger partial charge on any atom is 0.416 e. The number of hydrogen-bond acceptors (Lipinski definition) is 6. The summed E-state index contributed by atoms with van der Waals surface area (Å²) in [5.41, 5.74) is 0.937. The summed E-state index contributed by atoms with van der Waals surface area (Å²) in [6.07, 6.45) is -5.91. The number of cyclic esters (lactones) is 1. The van der Waals surface area contributed by atoms with E-state index in [4.69, 9.17) is 19.1 Å². The van der Waals surface area contributed by atoms with E-state index in [1.54, 1.807) is 18.2 Å². The van der Waals surface area contributed by atoms with E-state index in [0.717, 1.165) is 0 Å². The van der Waals surface area contributed by atoms with Crippen LogP contribution in [0.1, 0.15) is 12.0 Å². The quantitative estimate of drug-likeness (QED) is 0.821. The summed E-state index contributed by atoms with van der Waals surface area (Å²) in [5, 5.41) is 13.4. The van der Waals surface area contributed by atoms with Gasteiger partial charge in [0.05, 0.1) is 18.5 Å². The van der Waals surface area contributed by atoms with Gasteiger partial charge in [0.25, 0.3) is 0 Å². The van der Waals surface area contributed by atoms with Gasteiger partial charge in [-0.2, -0.15) is 13.2 Å². The smallest absolute Gasteiger partial charge is 0.416 e. The zero-order valence-electron chi connectivity index (χ0n) is 14.3. The number of anilines is 1. The number of ether oxygens (including phenoxy) is 2. The van der Waals surface area contributed by atoms with E-state index in [1.807, 2.05) is 0 Å². The molecule has 146 valence electrons. The highest BCUT2D eigenvalue weighted by Gasteiger charge is 2.37. The van der Waals surface area contributed by atoms with Crippen molar-refractivity contribution in [3.8, 4) is 0 Å². The van der Waals surface area contributed by atoms with Gasteiger partial charge in [-0.15, -0.1) is 0 Å². The Morgan fingerprint density at radius 3 is 2.96 bits per heavy atom. The number of aliphatic hydroxyl groups excluding tert-OH is 1. The third kappa shape index (κ3) is 4.22. The maximum absolute atomic E-state index is 12.3. The number of fused-ring (bicyclic) bond motifs is 1. The summed E-state index contributed by atoms with van der Waals surface area (Å²) in [6.45, 7) is 0.530. The highest BCUT2D eigenvalue weighted by atomic mass is 19.4. The van der Waals surface area contributed by atoms with Gasteiger partial charge in [0.15, 0.2) is 17.5 Å². The minimum Gasteiger partial charge on any atom is -0.441 e. The molecule has 0 saturated carbocycles. The molecular weight excluding hydrogens is 369 g/mol.